The lowest BCUT2D eigenvalue weighted by Crippen LogP contribution is -2.48. The summed E-state index contributed by atoms with van der Waals surface area (Å²) in [6.45, 7) is 27.6. The second-order valence-corrected chi connectivity index (χ2v) is 21.9. The zero-order valence-electron chi connectivity index (χ0n) is 46.1. The standard InChI is InChI=1S/C38H61N3O9.C13H14N2OS.C6H13N/c1-27-23-28(2)34(29(3)24-27)35(37(45)46)36(44)30-7-9-31(10-8-30)50-22-21-48-18-16-41-13-11-40(12-14-41)15-17-47-19-20-49-26-33(43)39-32(25-42)38(4,5)6;1-9(14-7-16)11-3-5-12(6-4-11)13-10(2)15-8-17-13;1-6-4-3-5-7(6)2/h23-25,30-32,44H,7-22,26H2,1-6H3,(H,39,43)(H,45,46);3-9H,1-2H3,(H,14,16);6H,3-5H2,1-2H3/b36-35+;;. The third-order valence-electron chi connectivity index (χ3n) is 14.2. The molecule has 17 heteroatoms. The van der Waals surface area contributed by atoms with Gasteiger partial charge in [0.25, 0.3) is 0 Å². The van der Waals surface area contributed by atoms with Crippen LogP contribution in [-0.2, 0) is 38.1 Å². The fraction of sp³-hybridized carbons (Fsp3) is 0.632. The topological polar surface area (TPSA) is 192 Å². The van der Waals surface area contributed by atoms with Gasteiger partial charge in [-0.15, -0.1) is 11.3 Å². The van der Waals surface area contributed by atoms with E-state index in [9.17, 15) is 29.4 Å². The van der Waals surface area contributed by atoms with E-state index < -0.39 is 12.0 Å². The molecule has 0 radical (unpaired) electrons. The van der Waals surface area contributed by atoms with Gasteiger partial charge < -0.3 is 49.5 Å². The highest BCUT2D eigenvalue weighted by Gasteiger charge is 2.30. The number of aliphatic hydroxyl groups is 1. The molecule has 2 amide bonds. The molecule has 1 aliphatic carbocycles. The predicted octanol–water partition coefficient (Wildman–Crippen LogP) is 7.96. The van der Waals surface area contributed by atoms with Crippen molar-refractivity contribution in [3.05, 3.63) is 81.2 Å². The number of carboxylic acids is 1. The molecule has 3 fully saturated rings. The van der Waals surface area contributed by atoms with Crippen molar-refractivity contribution in [2.24, 2.45) is 11.3 Å². The van der Waals surface area contributed by atoms with Crippen molar-refractivity contribution in [3.8, 4) is 10.4 Å². The summed E-state index contributed by atoms with van der Waals surface area (Å²) in [6.07, 6.45) is 7.30. The summed E-state index contributed by atoms with van der Waals surface area (Å²) >= 11 is 1.64. The number of aryl methyl sites for hydroxylation is 4. The molecular formula is C57H88N6O10S. The molecule has 74 heavy (non-hydrogen) atoms. The van der Waals surface area contributed by atoms with Crippen LogP contribution in [0.5, 0.6) is 0 Å². The van der Waals surface area contributed by atoms with Gasteiger partial charge in [-0.25, -0.2) is 9.78 Å². The molecule has 3 aromatic rings. The van der Waals surface area contributed by atoms with Gasteiger partial charge in [-0.2, -0.15) is 0 Å². The molecule has 412 valence electrons. The van der Waals surface area contributed by atoms with E-state index in [1.165, 1.54) is 29.8 Å². The smallest absolute Gasteiger partial charge is 0.339 e. The monoisotopic (exact) mass is 1050 g/mol. The fourth-order valence-electron chi connectivity index (χ4n) is 9.46. The summed E-state index contributed by atoms with van der Waals surface area (Å²) in [4.78, 5) is 58.4. The van der Waals surface area contributed by atoms with Crippen molar-refractivity contribution < 1.29 is 48.3 Å². The van der Waals surface area contributed by atoms with Crippen molar-refractivity contribution in [1.82, 2.24) is 30.3 Å². The molecule has 16 nitrogen and oxygen atoms in total. The Kier molecular flexibility index (Phi) is 26.9. The number of carbonyl (C=O) groups is 4. The number of aromatic nitrogens is 1. The maximum atomic E-state index is 12.2. The molecule has 3 atom stereocenters. The van der Waals surface area contributed by atoms with Gasteiger partial charge in [0.2, 0.25) is 12.3 Å². The van der Waals surface area contributed by atoms with E-state index in [-0.39, 0.29) is 47.3 Å². The average molecular weight is 1050 g/mol. The molecule has 3 aliphatic rings. The summed E-state index contributed by atoms with van der Waals surface area (Å²) in [5.74, 6) is -1.60. The summed E-state index contributed by atoms with van der Waals surface area (Å²) < 4.78 is 23.0. The number of ether oxygens (including phenoxy) is 4. The first kappa shape index (κ1) is 62.0. The summed E-state index contributed by atoms with van der Waals surface area (Å²) in [7, 11) is 2.19. The fourth-order valence-corrected chi connectivity index (χ4v) is 10.3. The Balaban J connectivity index is 0.000000398. The second kappa shape index (κ2) is 32.1. The molecule has 3 unspecified atom stereocenters. The van der Waals surface area contributed by atoms with Gasteiger partial charge in [0.15, 0.2) is 0 Å². The van der Waals surface area contributed by atoms with E-state index in [2.05, 4.69) is 56.4 Å². The van der Waals surface area contributed by atoms with Crippen LogP contribution in [-0.4, -0.2) is 172 Å². The number of piperazine rings is 1. The van der Waals surface area contributed by atoms with Crippen LogP contribution in [0.15, 0.2) is 47.7 Å². The second-order valence-electron chi connectivity index (χ2n) is 21.1. The minimum atomic E-state index is -1.09. The van der Waals surface area contributed by atoms with Crippen molar-refractivity contribution in [1.29, 1.82) is 0 Å². The first-order valence-corrected chi connectivity index (χ1v) is 27.4. The number of aliphatic carboxylic acids is 1. The number of amides is 2. The summed E-state index contributed by atoms with van der Waals surface area (Å²) in [6, 6.07) is 12.5. The highest BCUT2D eigenvalue weighted by molar-refractivity contribution is 7.13. The van der Waals surface area contributed by atoms with Crippen LogP contribution >= 0.6 is 11.3 Å². The maximum Gasteiger partial charge on any atom is 0.339 e. The summed E-state index contributed by atoms with van der Waals surface area (Å²) in [5.41, 5.74) is 8.28. The van der Waals surface area contributed by atoms with Crippen LogP contribution < -0.4 is 10.6 Å². The molecule has 6 rings (SSSR count). The van der Waals surface area contributed by atoms with Gasteiger partial charge in [-0.3, -0.25) is 19.4 Å². The van der Waals surface area contributed by atoms with Crippen molar-refractivity contribution in [2.75, 3.05) is 99.1 Å². The molecule has 2 saturated heterocycles. The third-order valence-corrected chi connectivity index (χ3v) is 15.2. The lowest BCUT2D eigenvalue weighted by atomic mass is 9.82. The Labute approximate surface area is 445 Å². The van der Waals surface area contributed by atoms with E-state index in [1.54, 1.807) is 11.3 Å². The van der Waals surface area contributed by atoms with Crippen molar-refractivity contribution in [2.45, 2.75) is 125 Å². The first-order valence-electron chi connectivity index (χ1n) is 26.5. The number of carbonyl (C=O) groups excluding carboxylic acids is 3. The molecular weight excluding hydrogens is 961 g/mol. The van der Waals surface area contributed by atoms with E-state index in [1.807, 2.05) is 85.2 Å². The Morgan fingerprint density at radius 1 is 0.824 bits per heavy atom. The number of benzene rings is 2. The van der Waals surface area contributed by atoms with Gasteiger partial charge >= 0.3 is 5.97 Å². The van der Waals surface area contributed by atoms with Crippen LogP contribution in [0.25, 0.3) is 16.0 Å². The highest BCUT2D eigenvalue weighted by atomic mass is 32.1. The molecule has 1 aromatic heterocycles. The van der Waals surface area contributed by atoms with E-state index in [0.29, 0.717) is 58.0 Å². The van der Waals surface area contributed by atoms with Crippen molar-refractivity contribution >= 4 is 41.5 Å². The lowest BCUT2D eigenvalue weighted by molar-refractivity contribution is -0.130. The molecule has 0 spiro atoms. The van der Waals surface area contributed by atoms with Gasteiger partial charge in [-0.1, -0.05) is 62.7 Å². The molecule has 1 saturated carbocycles. The van der Waals surface area contributed by atoms with Gasteiger partial charge in [0.1, 0.15) is 24.2 Å². The molecule has 4 N–H and O–H groups in total. The Morgan fingerprint density at radius 2 is 1.41 bits per heavy atom. The number of hydrogen-bond acceptors (Lipinski definition) is 14. The Bertz CT molecular complexity index is 2170. The maximum absolute atomic E-state index is 12.2. The Hall–Kier alpha value is -4.59. The Morgan fingerprint density at radius 3 is 1.88 bits per heavy atom. The largest absolute Gasteiger partial charge is 0.511 e. The van der Waals surface area contributed by atoms with Crippen LogP contribution in [0.2, 0.25) is 0 Å². The van der Waals surface area contributed by atoms with E-state index in [0.717, 1.165) is 98.8 Å². The zero-order valence-corrected chi connectivity index (χ0v) is 46.9. The van der Waals surface area contributed by atoms with Crippen LogP contribution in [0.1, 0.15) is 113 Å². The number of rotatable bonds is 24. The quantitative estimate of drug-likeness (QED) is 0.0292. The number of aliphatic hydroxyl groups excluding tert-OH is 1. The van der Waals surface area contributed by atoms with E-state index in [4.69, 9.17) is 18.9 Å². The minimum absolute atomic E-state index is 0.0172. The number of nitrogens with zero attached hydrogens (tertiary/aromatic N) is 4. The number of aldehydes is 1. The van der Waals surface area contributed by atoms with E-state index >= 15 is 0 Å². The molecule has 2 aliphatic heterocycles. The van der Waals surface area contributed by atoms with Crippen LogP contribution in [0.3, 0.4) is 0 Å². The number of allylic oxidation sites excluding steroid dienone is 1. The molecule has 0 bridgehead atoms. The van der Waals surface area contributed by atoms with Crippen molar-refractivity contribution in [3.63, 3.8) is 0 Å². The van der Waals surface area contributed by atoms with Gasteiger partial charge in [0, 0.05) is 51.2 Å². The number of nitrogens with one attached hydrogen (secondary N) is 2. The number of hydrogen-bond donors (Lipinski definition) is 4. The SMILES string of the molecule is CC1CCCN1C.Cc1cc(C)c(/C(C(=O)O)=C(\O)C2CCC(OCCOCCN3CCN(CCOCCOCC(=O)NC(C=O)C(C)(C)C)CC3)CC2)c(C)c1.Cc1ncsc1-c1ccc(C(C)NC=O)cc1. The van der Waals surface area contributed by atoms with Gasteiger partial charge in [-0.05, 0) is 127 Å². The predicted molar refractivity (Wildman–Crippen MR) is 294 cm³/mol. The third kappa shape index (κ3) is 20.9. The molecule has 3 heterocycles. The zero-order chi connectivity index (χ0) is 54.2. The van der Waals surface area contributed by atoms with Gasteiger partial charge in [0.05, 0.1) is 73.9 Å². The molecule has 2 aromatic carbocycles. The number of likely N-dealkylation sites (tertiary alicyclic amines) is 1. The highest BCUT2D eigenvalue weighted by Crippen LogP contribution is 2.36. The number of carboxylic acid groups (broad SMARTS) is 1. The number of thiazole rings is 1. The minimum Gasteiger partial charge on any atom is -0.511 e. The summed E-state index contributed by atoms with van der Waals surface area (Å²) in [5, 5.41) is 26.5. The van der Waals surface area contributed by atoms with Crippen LogP contribution in [0, 0.1) is 39.0 Å². The lowest BCUT2D eigenvalue weighted by Gasteiger charge is -2.34. The normalized spacial score (nSPS) is 19.7. The van der Waals surface area contributed by atoms with Crippen LogP contribution in [0.4, 0.5) is 0 Å². The average Bonchev–Trinajstić information content (AvgIpc) is 3.98. The first-order chi connectivity index (χ1) is 35.3.